The third kappa shape index (κ3) is 2.16. The van der Waals surface area contributed by atoms with Crippen LogP contribution < -0.4 is 11.1 Å². The first-order valence-electron chi connectivity index (χ1n) is 6.31. The second kappa shape index (κ2) is 4.81. The number of nitrogen functional groups attached to an aromatic ring is 1. The van der Waals surface area contributed by atoms with Gasteiger partial charge >= 0.3 is 0 Å². The highest BCUT2D eigenvalue weighted by molar-refractivity contribution is 5.98. The Bertz CT molecular complexity index is 784. The molecule has 0 fully saturated rings. The van der Waals surface area contributed by atoms with Crippen molar-refractivity contribution in [2.75, 3.05) is 11.1 Å². The molecule has 0 aliphatic rings. The van der Waals surface area contributed by atoms with Crippen LogP contribution in [0.4, 0.5) is 21.5 Å². The van der Waals surface area contributed by atoms with Gasteiger partial charge in [0, 0.05) is 23.0 Å². The summed E-state index contributed by atoms with van der Waals surface area (Å²) in [6, 6.07) is 12.2. The number of nitrogens with zero attached hydrogens (tertiary/aromatic N) is 1. The van der Waals surface area contributed by atoms with Crippen LogP contribution in [0, 0.1) is 12.7 Å². The summed E-state index contributed by atoms with van der Waals surface area (Å²) in [6.45, 7) is 1.86. The zero-order valence-corrected chi connectivity index (χ0v) is 11.0. The molecule has 4 heteroatoms. The predicted octanol–water partition coefficient (Wildman–Crippen LogP) is 4.01. The monoisotopic (exact) mass is 267 g/mol. The van der Waals surface area contributed by atoms with Crippen LogP contribution >= 0.6 is 0 Å². The summed E-state index contributed by atoms with van der Waals surface area (Å²) < 4.78 is 13.1. The molecule has 0 atom stereocenters. The molecule has 2 aromatic carbocycles. The summed E-state index contributed by atoms with van der Waals surface area (Å²) in [5.41, 5.74) is 9.94. The van der Waals surface area contributed by atoms with E-state index in [2.05, 4.69) is 10.3 Å². The number of pyridine rings is 1. The Hall–Kier alpha value is -2.62. The summed E-state index contributed by atoms with van der Waals surface area (Å²) in [6.07, 6.45) is 1.71. The van der Waals surface area contributed by atoms with E-state index >= 15 is 0 Å². The van der Waals surface area contributed by atoms with E-state index in [1.54, 1.807) is 12.3 Å². The highest BCUT2D eigenvalue weighted by Crippen LogP contribution is 2.29. The van der Waals surface area contributed by atoms with Crippen LogP contribution in [0.2, 0.25) is 0 Å². The average Bonchev–Trinajstić information content (AvgIpc) is 2.43. The lowest BCUT2D eigenvalue weighted by molar-refractivity contribution is 0.627. The molecule has 1 aromatic heterocycles. The first-order valence-corrected chi connectivity index (χ1v) is 6.31. The molecule has 0 spiro atoms. The minimum atomic E-state index is -0.239. The Labute approximate surface area is 116 Å². The molecular formula is C16H14FN3. The van der Waals surface area contributed by atoms with Gasteiger partial charge in [-0.1, -0.05) is 12.1 Å². The van der Waals surface area contributed by atoms with Gasteiger partial charge < -0.3 is 11.1 Å². The Morgan fingerprint density at radius 1 is 1.10 bits per heavy atom. The van der Waals surface area contributed by atoms with Crippen LogP contribution in [0.3, 0.4) is 0 Å². The molecular weight excluding hydrogens is 253 g/mol. The van der Waals surface area contributed by atoms with Gasteiger partial charge in [-0.25, -0.2) is 4.39 Å². The first-order chi connectivity index (χ1) is 9.65. The van der Waals surface area contributed by atoms with E-state index in [0.717, 1.165) is 27.8 Å². The molecule has 0 aliphatic heterocycles. The standard InChI is InChI=1S/C16H14FN3/c1-10-9-11(17)5-6-14(10)20-15-7-8-19-16-12(15)3-2-4-13(16)18/h2-9H,18H2,1H3,(H,19,20). The number of benzene rings is 2. The van der Waals surface area contributed by atoms with Crippen LogP contribution in [0.1, 0.15) is 5.56 Å². The summed E-state index contributed by atoms with van der Waals surface area (Å²) in [4.78, 5) is 4.29. The van der Waals surface area contributed by atoms with Gasteiger partial charge in [0.15, 0.2) is 0 Å². The van der Waals surface area contributed by atoms with E-state index < -0.39 is 0 Å². The second-order valence-electron chi connectivity index (χ2n) is 4.69. The van der Waals surface area contributed by atoms with E-state index in [1.165, 1.54) is 12.1 Å². The molecule has 1 heterocycles. The lowest BCUT2D eigenvalue weighted by Gasteiger charge is -2.12. The van der Waals surface area contributed by atoms with Gasteiger partial charge in [-0.3, -0.25) is 4.98 Å². The minimum absolute atomic E-state index is 0.239. The smallest absolute Gasteiger partial charge is 0.123 e. The van der Waals surface area contributed by atoms with Crippen molar-refractivity contribution in [2.24, 2.45) is 0 Å². The van der Waals surface area contributed by atoms with Crippen LogP contribution in [-0.2, 0) is 0 Å². The normalized spacial score (nSPS) is 10.7. The highest BCUT2D eigenvalue weighted by atomic mass is 19.1. The number of nitrogens with one attached hydrogen (secondary N) is 1. The maximum atomic E-state index is 13.1. The van der Waals surface area contributed by atoms with Crippen molar-refractivity contribution < 1.29 is 4.39 Å². The number of hydrogen-bond donors (Lipinski definition) is 2. The molecule has 100 valence electrons. The number of fused-ring (bicyclic) bond motifs is 1. The zero-order chi connectivity index (χ0) is 14.1. The molecule has 0 unspecified atom stereocenters. The molecule has 3 N–H and O–H groups in total. The molecule has 0 bridgehead atoms. The third-order valence-corrected chi connectivity index (χ3v) is 3.26. The van der Waals surface area contributed by atoms with Gasteiger partial charge in [-0.15, -0.1) is 0 Å². The molecule has 0 saturated carbocycles. The molecule has 0 aliphatic carbocycles. The number of nitrogens with two attached hydrogens (primary N) is 1. The summed E-state index contributed by atoms with van der Waals surface area (Å²) in [5, 5.41) is 4.25. The fraction of sp³-hybridized carbons (Fsp3) is 0.0625. The van der Waals surface area contributed by atoms with E-state index in [-0.39, 0.29) is 5.82 Å². The van der Waals surface area contributed by atoms with Crippen molar-refractivity contribution >= 4 is 28.0 Å². The van der Waals surface area contributed by atoms with Gasteiger partial charge in [0.25, 0.3) is 0 Å². The second-order valence-corrected chi connectivity index (χ2v) is 4.69. The van der Waals surface area contributed by atoms with Gasteiger partial charge in [0.2, 0.25) is 0 Å². The van der Waals surface area contributed by atoms with Crippen molar-refractivity contribution in [1.82, 2.24) is 4.98 Å². The Morgan fingerprint density at radius 3 is 2.75 bits per heavy atom. The van der Waals surface area contributed by atoms with Gasteiger partial charge in [-0.05, 0) is 42.8 Å². The summed E-state index contributed by atoms with van der Waals surface area (Å²) in [7, 11) is 0. The molecule has 0 saturated heterocycles. The number of rotatable bonds is 2. The number of hydrogen-bond acceptors (Lipinski definition) is 3. The first kappa shape index (κ1) is 12.4. The predicted molar refractivity (Wildman–Crippen MR) is 80.6 cm³/mol. The van der Waals surface area contributed by atoms with Crippen molar-refractivity contribution in [1.29, 1.82) is 0 Å². The Kier molecular flexibility index (Phi) is 2.99. The third-order valence-electron chi connectivity index (χ3n) is 3.26. The highest BCUT2D eigenvalue weighted by Gasteiger charge is 2.06. The van der Waals surface area contributed by atoms with Crippen molar-refractivity contribution in [3.05, 3.63) is 60.0 Å². The number of aromatic nitrogens is 1. The van der Waals surface area contributed by atoms with Crippen molar-refractivity contribution in [3.8, 4) is 0 Å². The van der Waals surface area contributed by atoms with E-state index in [4.69, 9.17) is 5.73 Å². The maximum absolute atomic E-state index is 13.1. The van der Waals surface area contributed by atoms with Gasteiger partial charge in [0.05, 0.1) is 11.2 Å². The summed E-state index contributed by atoms with van der Waals surface area (Å²) >= 11 is 0. The maximum Gasteiger partial charge on any atom is 0.123 e. The minimum Gasteiger partial charge on any atom is -0.397 e. The molecule has 3 rings (SSSR count). The molecule has 0 radical (unpaired) electrons. The van der Waals surface area contributed by atoms with Crippen LogP contribution in [0.5, 0.6) is 0 Å². The molecule has 3 nitrogen and oxygen atoms in total. The zero-order valence-electron chi connectivity index (χ0n) is 11.0. The summed E-state index contributed by atoms with van der Waals surface area (Å²) in [5.74, 6) is -0.239. The lowest BCUT2D eigenvalue weighted by atomic mass is 10.1. The Morgan fingerprint density at radius 2 is 1.95 bits per heavy atom. The number of halogens is 1. The average molecular weight is 267 g/mol. The Balaban J connectivity index is 2.09. The largest absolute Gasteiger partial charge is 0.397 e. The fourth-order valence-electron chi connectivity index (χ4n) is 2.22. The number of aryl methyl sites for hydroxylation is 1. The van der Waals surface area contributed by atoms with E-state index in [0.29, 0.717) is 5.69 Å². The van der Waals surface area contributed by atoms with Crippen LogP contribution in [0.25, 0.3) is 10.9 Å². The molecule has 0 amide bonds. The van der Waals surface area contributed by atoms with E-state index in [1.807, 2.05) is 31.2 Å². The van der Waals surface area contributed by atoms with Crippen LogP contribution in [-0.4, -0.2) is 4.98 Å². The van der Waals surface area contributed by atoms with Crippen molar-refractivity contribution in [2.45, 2.75) is 6.92 Å². The quantitative estimate of drug-likeness (QED) is 0.690. The number of anilines is 3. The fourth-order valence-corrected chi connectivity index (χ4v) is 2.22. The molecule has 20 heavy (non-hydrogen) atoms. The SMILES string of the molecule is Cc1cc(F)ccc1Nc1ccnc2c(N)cccc12. The van der Waals surface area contributed by atoms with Crippen LogP contribution in [0.15, 0.2) is 48.7 Å². The van der Waals surface area contributed by atoms with E-state index in [9.17, 15) is 4.39 Å². The molecule has 3 aromatic rings. The topological polar surface area (TPSA) is 50.9 Å². The number of para-hydroxylation sites is 1. The van der Waals surface area contributed by atoms with Gasteiger partial charge in [-0.2, -0.15) is 0 Å². The van der Waals surface area contributed by atoms with Crippen molar-refractivity contribution in [3.63, 3.8) is 0 Å². The lowest BCUT2D eigenvalue weighted by Crippen LogP contribution is -1.97. The van der Waals surface area contributed by atoms with Gasteiger partial charge in [0.1, 0.15) is 5.82 Å².